The molecule has 0 aromatic rings. The molecule has 0 aromatic carbocycles. The van der Waals surface area contributed by atoms with Crippen molar-refractivity contribution in [2.45, 2.75) is 64.5 Å². The fourth-order valence-electron chi connectivity index (χ4n) is 2.72. The molecule has 0 N–H and O–H groups in total. The van der Waals surface area contributed by atoms with Gasteiger partial charge in [0.15, 0.2) is 0 Å². The van der Waals surface area contributed by atoms with Crippen molar-refractivity contribution < 1.29 is 23.9 Å². The van der Waals surface area contributed by atoms with Crippen molar-refractivity contribution in [2.75, 3.05) is 13.7 Å². The number of hydrogen-bond donors (Lipinski definition) is 0. The Morgan fingerprint density at radius 3 is 2.67 bits per heavy atom. The second-order valence-electron chi connectivity index (χ2n) is 5.18. The quantitative estimate of drug-likeness (QED) is 0.637. The first-order chi connectivity index (χ1) is 10.0. The molecule has 120 valence electrons. The van der Waals surface area contributed by atoms with Crippen LogP contribution >= 0.6 is 0 Å². The number of rotatable bonds is 8. The number of esters is 2. The molecular weight excluding hydrogens is 274 g/mol. The van der Waals surface area contributed by atoms with Gasteiger partial charge in [-0.2, -0.15) is 0 Å². The Hall–Kier alpha value is -1.59. The van der Waals surface area contributed by atoms with Gasteiger partial charge in [0.25, 0.3) is 0 Å². The molecule has 0 spiro atoms. The Kier molecular flexibility index (Phi) is 7.19. The monoisotopic (exact) mass is 299 g/mol. The summed E-state index contributed by atoms with van der Waals surface area (Å²) in [5, 5.41) is 0. The Bertz CT molecular complexity index is 382. The second kappa shape index (κ2) is 8.64. The Labute approximate surface area is 125 Å². The van der Waals surface area contributed by atoms with Crippen LogP contribution in [0.4, 0.5) is 0 Å². The van der Waals surface area contributed by atoms with Gasteiger partial charge in [0.2, 0.25) is 5.91 Å². The predicted octanol–water partition coefficient (Wildman–Crippen LogP) is 1.66. The zero-order chi connectivity index (χ0) is 15.8. The third kappa shape index (κ3) is 4.72. The molecule has 6 nitrogen and oxygen atoms in total. The van der Waals surface area contributed by atoms with Crippen LogP contribution in [0.3, 0.4) is 0 Å². The average Bonchev–Trinajstić information content (AvgIpc) is 2.84. The number of nitrogens with zero attached hydrogens (tertiary/aromatic N) is 1. The van der Waals surface area contributed by atoms with E-state index in [0.717, 1.165) is 12.8 Å². The van der Waals surface area contributed by atoms with E-state index >= 15 is 0 Å². The van der Waals surface area contributed by atoms with E-state index in [4.69, 9.17) is 9.47 Å². The van der Waals surface area contributed by atoms with Crippen LogP contribution in [-0.2, 0) is 23.9 Å². The fourth-order valence-corrected chi connectivity index (χ4v) is 2.72. The second-order valence-corrected chi connectivity index (χ2v) is 5.18. The minimum Gasteiger partial charge on any atom is -0.467 e. The van der Waals surface area contributed by atoms with E-state index < -0.39 is 12.0 Å². The highest BCUT2D eigenvalue weighted by atomic mass is 16.5. The summed E-state index contributed by atoms with van der Waals surface area (Å²) < 4.78 is 9.75. The van der Waals surface area contributed by atoms with Gasteiger partial charge >= 0.3 is 11.9 Å². The minimum absolute atomic E-state index is 0.0872. The number of hydrogen-bond acceptors (Lipinski definition) is 5. The van der Waals surface area contributed by atoms with Crippen LogP contribution in [-0.4, -0.2) is 48.5 Å². The van der Waals surface area contributed by atoms with Crippen LogP contribution < -0.4 is 0 Å². The third-order valence-electron chi connectivity index (χ3n) is 3.72. The summed E-state index contributed by atoms with van der Waals surface area (Å²) in [5.74, 6) is -0.830. The molecule has 0 radical (unpaired) electrons. The van der Waals surface area contributed by atoms with Crippen molar-refractivity contribution in [3.8, 4) is 0 Å². The summed E-state index contributed by atoms with van der Waals surface area (Å²) in [6.45, 7) is 4.11. The highest BCUT2D eigenvalue weighted by molar-refractivity contribution is 5.88. The van der Waals surface area contributed by atoms with Crippen LogP contribution in [0.1, 0.15) is 52.4 Å². The van der Waals surface area contributed by atoms with Gasteiger partial charge in [-0.25, -0.2) is 4.79 Å². The molecule has 0 saturated carbocycles. The molecule has 1 heterocycles. The summed E-state index contributed by atoms with van der Waals surface area (Å²) >= 11 is 0. The van der Waals surface area contributed by atoms with Crippen LogP contribution in [0.25, 0.3) is 0 Å². The number of carbonyl (C=O) groups excluding carboxylic acids is 3. The normalized spacial score (nSPS) is 19.5. The third-order valence-corrected chi connectivity index (χ3v) is 3.72. The standard InChI is InChI=1S/C15H25NO5/c1-4-6-7-11(10-14(18)21-5-2)16-12(15(19)20-3)8-9-13(16)17/h11-12H,4-10H2,1-3H3. The van der Waals surface area contributed by atoms with Gasteiger partial charge in [-0.3, -0.25) is 9.59 Å². The van der Waals surface area contributed by atoms with E-state index in [1.165, 1.54) is 7.11 Å². The first-order valence-electron chi connectivity index (χ1n) is 7.59. The SMILES string of the molecule is CCCCC(CC(=O)OCC)N1C(=O)CCC1C(=O)OC. The molecule has 2 atom stereocenters. The van der Waals surface area contributed by atoms with E-state index in [1.807, 2.05) is 6.92 Å². The van der Waals surface area contributed by atoms with Crippen LogP contribution in [0.5, 0.6) is 0 Å². The molecule has 21 heavy (non-hydrogen) atoms. The van der Waals surface area contributed by atoms with E-state index in [1.54, 1.807) is 11.8 Å². The van der Waals surface area contributed by atoms with Crippen molar-refractivity contribution in [2.24, 2.45) is 0 Å². The molecule has 1 fully saturated rings. The van der Waals surface area contributed by atoms with Gasteiger partial charge in [0, 0.05) is 12.5 Å². The molecule has 6 heteroatoms. The van der Waals surface area contributed by atoms with E-state index in [0.29, 0.717) is 25.9 Å². The topological polar surface area (TPSA) is 72.9 Å². The zero-order valence-electron chi connectivity index (χ0n) is 13.1. The van der Waals surface area contributed by atoms with Crippen molar-refractivity contribution >= 4 is 17.8 Å². The van der Waals surface area contributed by atoms with Gasteiger partial charge in [0.05, 0.1) is 20.1 Å². The lowest BCUT2D eigenvalue weighted by atomic mass is 10.0. The number of methoxy groups -OCH3 is 1. The smallest absolute Gasteiger partial charge is 0.328 e. The summed E-state index contributed by atoms with van der Waals surface area (Å²) in [6, 6.07) is -0.859. The molecule has 0 aromatic heterocycles. The lowest BCUT2D eigenvalue weighted by molar-refractivity contribution is -0.153. The van der Waals surface area contributed by atoms with E-state index in [2.05, 4.69) is 0 Å². The Balaban J connectivity index is 2.84. The molecular formula is C15H25NO5. The average molecular weight is 299 g/mol. The molecule has 1 rings (SSSR count). The molecule has 2 unspecified atom stereocenters. The Morgan fingerprint density at radius 2 is 2.10 bits per heavy atom. The summed E-state index contributed by atoms with van der Waals surface area (Å²) in [7, 11) is 1.32. The van der Waals surface area contributed by atoms with Gasteiger partial charge in [0.1, 0.15) is 6.04 Å². The first-order valence-corrected chi connectivity index (χ1v) is 7.59. The van der Waals surface area contributed by atoms with Gasteiger partial charge < -0.3 is 14.4 Å². The number of unbranched alkanes of at least 4 members (excludes halogenated alkanes) is 1. The summed E-state index contributed by atoms with van der Waals surface area (Å²) in [5.41, 5.74) is 0. The largest absolute Gasteiger partial charge is 0.467 e. The minimum atomic E-state index is -0.571. The number of amides is 1. The number of ether oxygens (including phenoxy) is 2. The van der Waals surface area contributed by atoms with Crippen molar-refractivity contribution in [1.29, 1.82) is 0 Å². The van der Waals surface area contributed by atoms with Gasteiger partial charge in [-0.1, -0.05) is 19.8 Å². The molecule has 0 aliphatic carbocycles. The maximum Gasteiger partial charge on any atom is 0.328 e. The van der Waals surface area contributed by atoms with Gasteiger partial charge in [-0.15, -0.1) is 0 Å². The lowest BCUT2D eigenvalue weighted by Crippen LogP contribution is -2.47. The highest BCUT2D eigenvalue weighted by Crippen LogP contribution is 2.27. The van der Waals surface area contributed by atoms with Gasteiger partial charge in [-0.05, 0) is 19.8 Å². The van der Waals surface area contributed by atoms with Crippen molar-refractivity contribution in [3.63, 3.8) is 0 Å². The fraction of sp³-hybridized carbons (Fsp3) is 0.800. The molecule has 1 amide bonds. The van der Waals surface area contributed by atoms with E-state index in [9.17, 15) is 14.4 Å². The number of carbonyl (C=O) groups is 3. The molecule has 1 aliphatic rings. The summed E-state index contributed by atoms with van der Waals surface area (Å²) in [4.78, 5) is 37.2. The summed E-state index contributed by atoms with van der Waals surface area (Å²) in [6.07, 6.45) is 3.45. The van der Waals surface area contributed by atoms with Crippen LogP contribution in [0, 0.1) is 0 Å². The van der Waals surface area contributed by atoms with Crippen molar-refractivity contribution in [3.05, 3.63) is 0 Å². The van der Waals surface area contributed by atoms with E-state index in [-0.39, 0.29) is 24.3 Å². The number of likely N-dealkylation sites (tertiary alicyclic amines) is 1. The molecule has 1 aliphatic heterocycles. The Morgan fingerprint density at radius 1 is 1.38 bits per heavy atom. The molecule has 0 bridgehead atoms. The maximum absolute atomic E-state index is 12.1. The molecule has 1 saturated heterocycles. The first kappa shape index (κ1) is 17.5. The van der Waals surface area contributed by atoms with Crippen molar-refractivity contribution in [1.82, 2.24) is 4.90 Å². The van der Waals surface area contributed by atoms with Crippen LogP contribution in [0.15, 0.2) is 0 Å². The zero-order valence-corrected chi connectivity index (χ0v) is 13.1. The lowest BCUT2D eigenvalue weighted by Gasteiger charge is -2.31. The predicted molar refractivity (Wildman–Crippen MR) is 76.4 cm³/mol. The maximum atomic E-state index is 12.1. The van der Waals surface area contributed by atoms with Crippen LogP contribution in [0.2, 0.25) is 0 Å². The highest BCUT2D eigenvalue weighted by Gasteiger charge is 2.41.